The largest absolute Gasteiger partial charge is 0.381 e. The van der Waals surface area contributed by atoms with Crippen LogP contribution in [0, 0.1) is 76.4 Å². The molecule has 65 heavy (non-hydrogen) atoms. The lowest BCUT2D eigenvalue weighted by Crippen LogP contribution is -2.54. The highest BCUT2D eigenvalue weighted by atomic mass is 16.5. The highest BCUT2D eigenvalue weighted by Crippen LogP contribution is 2.63. The highest BCUT2D eigenvalue weighted by molar-refractivity contribution is 5.10. The van der Waals surface area contributed by atoms with E-state index >= 15 is 0 Å². The van der Waals surface area contributed by atoms with Gasteiger partial charge in [-0.3, -0.25) is 4.90 Å². The summed E-state index contributed by atoms with van der Waals surface area (Å²) in [6.07, 6.45) is 60.1. The lowest BCUT2D eigenvalue weighted by Gasteiger charge is -2.51. The van der Waals surface area contributed by atoms with Gasteiger partial charge in [-0.15, -0.1) is 0 Å². The summed E-state index contributed by atoms with van der Waals surface area (Å²) >= 11 is 0. The van der Waals surface area contributed by atoms with E-state index in [1.54, 1.807) is 0 Å². The van der Waals surface area contributed by atoms with Crippen LogP contribution in [0.3, 0.4) is 0 Å². The van der Waals surface area contributed by atoms with Gasteiger partial charge >= 0.3 is 0 Å². The van der Waals surface area contributed by atoms with Crippen molar-refractivity contribution in [3.8, 4) is 0 Å². The van der Waals surface area contributed by atoms with Crippen LogP contribution < -0.4 is 0 Å². The first-order valence-corrected chi connectivity index (χ1v) is 29.6. The third kappa shape index (κ3) is 13.5. The van der Waals surface area contributed by atoms with E-state index in [0.29, 0.717) is 35.4 Å². The second kappa shape index (κ2) is 24.8. The Balaban J connectivity index is 0.901. The molecule has 0 aromatic rings. The topological polar surface area (TPSA) is 21.7 Å². The van der Waals surface area contributed by atoms with E-state index in [1.165, 1.54) is 186 Å². The molecule has 8 aliphatic rings. The molecule has 0 aromatic carbocycles. The quantitative estimate of drug-likeness (QED) is 0.128. The first-order chi connectivity index (χ1) is 31.7. The van der Waals surface area contributed by atoms with E-state index in [1.807, 2.05) is 7.11 Å². The minimum Gasteiger partial charge on any atom is -0.381 e. The van der Waals surface area contributed by atoms with Crippen molar-refractivity contribution < 1.29 is 9.47 Å². The Hall–Kier alpha value is -0.900. The second-order valence-corrected chi connectivity index (χ2v) is 25.8. The van der Waals surface area contributed by atoms with Crippen molar-refractivity contribution in [2.24, 2.45) is 76.4 Å². The molecular weight excluding hydrogens is 791 g/mol. The van der Waals surface area contributed by atoms with E-state index < -0.39 is 0 Å². The number of allylic oxidation sites excluding steroid dienone is 4. The number of methoxy groups -OCH3 is 1. The van der Waals surface area contributed by atoms with Crippen molar-refractivity contribution in [3.63, 3.8) is 0 Å². The minimum absolute atomic E-state index is 0.292. The molecule has 8 saturated carbocycles. The van der Waals surface area contributed by atoms with E-state index in [9.17, 15) is 0 Å². The third-order valence-electron chi connectivity index (χ3n) is 20.8. The van der Waals surface area contributed by atoms with Crippen LogP contribution in [0.4, 0.5) is 0 Å². The zero-order chi connectivity index (χ0) is 45.2. The molecule has 0 N–H and O–H groups in total. The molecule has 370 valence electrons. The first-order valence-electron chi connectivity index (χ1n) is 29.6. The molecular formula is C62H105NO2. The zero-order valence-electron chi connectivity index (χ0n) is 43.7. The molecule has 0 heterocycles. The summed E-state index contributed by atoms with van der Waals surface area (Å²) < 4.78 is 13.3. The fourth-order valence-corrected chi connectivity index (χ4v) is 16.8. The lowest BCUT2D eigenvalue weighted by molar-refractivity contribution is -0.0615. The lowest BCUT2D eigenvalue weighted by atomic mass is 9.66. The van der Waals surface area contributed by atoms with Gasteiger partial charge in [0.2, 0.25) is 0 Å². The smallest absolute Gasteiger partial charge is 0.0645 e. The number of nitrogens with zero attached hydrogens (tertiary/aromatic N) is 1. The van der Waals surface area contributed by atoms with Crippen molar-refractivity contribution >= 4 is 0 Å². The maximum absolute atomic E-state index is 6.97. The van der Waals surface area contributed by atoms with Crippen molar-refractivity contribution in [3.05, 3.63) is 36.5 Å². The van der Waals surface area contributed by atoms with Crippen molar-refractivity contribution in [1.29, 1.82) is 0 Å². The molecule has 10 atom stereocenters. The van der Waals surface area contributed by atoms with Gasteiger partial charge in [0.1, 0.15) is 0 Å². The van der Waals surface area contributed by atoms with Crippen LogP contribution in [0.15, 0.2) is 36.5 Å². The highest BCUT2D eigenvalue weighted by Gasteiger charge is 2.57. The molecule has 3 nitrogen and oxygen atoms in total. The molecule has 8 rings (SSSR count). The van der Waals surface area contributed by atoms with Gasteiger partial charge in [0.25, 0.3) is 0 Å². The Bertz CT molecular complexity index is 1450. The fourth-order valence-electron chi connectivity index (χ4n) is 16.8. The van der Waals surface area contributed by atoms with Gasteiger partial charge in [-0.2, -0.15) is 0 Å². The van der Waals surface area contributed by atoms with Crippen LogP contribution >= 0.6 is 0 Å². The van der Waals surface area contributed by atoms with Gasteiger partial charge in [-0.05, 0) is 193 Å². The summed E-state index contributed by atoms with van der Waals surface area (Å²) in [5, 5.41) is 0. The normalized spacial score (nSPS) is 39.4. The maximum atomic E-state index is 6.97. The van der Waals surface area contributed by atoms with E-state index in [-0.39, 0.29) is 0 Å². The predicted molar refractivity (Wildman–Crippen MR) is 277 cm³/mol. The molecule has 0 bridgehead atoms. The summed E-state index contributed by atoms with van der Waals surface area (Å²) in [4.78, 5) is 3.30. The molecule has 0 aliphatic heterocycles. The van der Waals surface area contributed by atoms with Gasteiger partial charge in [0.15, 0.2) is 0 Å². The predicted octanol–water partition coefficient (Wildman–Crippen LogP) is 17.1. The monoisotopic (exact) mass is 896 g/mol. The Morgan fingerprint density at radius 2 is 0.969 bits per heavy atom. The van der Waals surface area contributed by atoms with E-state index in [2.05, 4.69) is 76.0 Å². The number of hydrogen-bond donors (Lipinski definition) is 0. The maximum Gasteiger partial charge on any atom is 0.0645 e. The number of rotatable bonds is 18. The third-order valence-corrected chi connectivity index (χ3v) is 20.8. The number of hydrogen-bond acceptors (Lipinski definition) is 3. The Kier molecular flexibility index (Phi) is 19.2. The van der Waals surface area contributed by atoms with Crippen molar-refractivity contribution in [2.75, 3.05) is 13.7 Å². The molecule has 0 radical (unpaired) electrons. The molecule has 10 unspecified atom stereocenters. The van der Waals surface area contributed by atoms with Gasteiger partial charge in [-0.1, -0.05) is 142 Å². The van der Waals surface area contributed by atoms with Gasteiger partial charge < -0.3 is 9.47 Å². The standard InChI is InChI=1S/C62H105NO2/c1-45(2)16-15-17-46(3)40-41-65-61-43-51(60(64-6)42-52(61)33-26-48-20-11-8-12-21-48)32-27-50-30-36-54(37-31-50)63(53-34-28-49(29-35-53)25-24-47-18-9-7-10-19-47)55-38-39-57-56-22-13-14-23-58(56)62(4,5)59(57)44-55/h24-27,32-33,45-61H,7-23,28-31,34-44H2,1-6H3. The fraction of sp³-hybridized carbons (Fsp3) is 0.903. The second-order valence-electron chi connectivity index (χ2n) is 25.8. The van der Waals surface area contributed by atoms with E-state index in [4.69, 9.17) is 9.47 Å². The van der Waals surface area contributed by atoms with Crippen LogP contribution in [0.25, 0.3) is 0 Å². The minimum atomic E-state index is 0.292. The van der Waals surface area contributed by atoms with Crippen molar-refractivity contribution in [2.45, 2.75) is 264 Å². The molecule has 3 heteroatoms. The van der Waals surface area contributed by atoms with Gasteiger partial charge in [0, 0.05) is 43.7 Å². The molecule has 0 spiro atoms. The zero-order valence-corrected chi connectivity index (χ0v) is 43.7. The summed E-state index contributed by atoms with van der Waals surface area (Å²) in [6, 6.07) is 2.41. The summed E-state index contributed by atoms with van der Waals surface area (Å²) in [5.74, 6) is 9.67. The van der Waals surface area contributed by atoms with E-state index in [0.717, 1.165) is 90.8 Å². The van der Waals surface area contributed by atoms with Crippen LogP contribution in [0.1, 0.15) is 234 Å². The number of ether oxygens (including phenoxy) is 2. The van der Waals surface area contributed by atoms with Crippen LogP contribution in [0.5, 0.6) is 0 Å². The summed E-state index contributed by atoms with van der Waals surface area (Å²) in [6.45, 7) is 13.6. The Labute approximate surface area is 403 Å². The molecule has 8 aliphatic carbocycles. The Morgan fingerprint density at radius 3 is 1.55 bits per heavy atom. The average Bonchev–Trinajstić information content (AvgIpc) is 3.56. The molecule has 0 amide bonds. The summed E-state index contributed by atoms with van der Waals surface area (Å²) in [7, 11) is 1.99. The SMILES string of the molecule is COC1CC(C=CC2CCCCC2)C(OCCC(C)CCCC(C)C)CC1C=CC1CCC(N(C2CCC(C=CC3CCCCC3)CC2)C2CCC3C4CCCCC4C(C)(C)C3C2)CC1. The van der Waals surface area contributed by atoms with Crippen LogP contribution in [0.2, 0.25) is 0 Å². The molecule has 0 aromatic heterocycles. The summed E-state index contributed by atoms with van der Waals surface area (Å²) in [5.41, 5.74) is 0.532. The average molecular weight is 897 g/mol. The first kappa shape index (κ1) is 50.5. The number of fused-ring (bicyclic) bond motifs is 3. The molecule has 8 fully saturated rings. The van der Waals surface area contributed by atoms with Crippen LogP contribution in [-0.4, -0.2) is 49.0 Å². The molecule has 0 saturated heterocycles. The Morgan fingerprint density at radius 1 is 0.477 bits per heavy atom. The van der Waals surface area contributed by atoms with Gasteiger partial charge in [-0.25, -0.2) is 0 Å². The van der Waals surface area contributed by atoms with Crippen LogP contribution in [-0.2, 0) is 9.47 Å². The van der Waals surface area contributed by atoms with Gasteiger partial charge in [0.05, 0.1) is 12.2 Å². The van der Waals surface area contributed by atoms with Crippen molar-refractivity contribution in [1.82, 2.24) is 4.90 Å².